The number of rotatable bonds is 24. The molecule has 0 aliphatic rings. The van der Waals surface area contributed by atoms with Crippen molar-refractivity contribution in [3.8, 4) is 0 Å². The Morgan fingerprint density at radius 1 is 0.818 bits per heavy atom. The molecule has 0 aromatic heterocycles. The molecule has 3 aromatic carbocycles. The average Bonchev–Trinajstić information content (AvgIpc) is 3.20. The molecule has 0 saturated carbocycles. The molecule has 0 radical (unpaired) electrons. The summed E-state index contributed by atoms with van der Waals surface area (Å²) in [5, 5.41) is 5.71. The number of unbranched alkanes of at least 4 members (excludes halogenated alkanes) is 1. The van der Waals surface area contributed by atoms with Gasteiger partial charge >= 0.3 is 18.0 Å². The summed E-state index contributed by atoms with van der Waals surface area (Å²) in [5.74, 6) is -2.36. The quantitative estimate of drug-likeness (QED) is 0.0309. The molecule has 0 bridgehead atoms. The Hall–Kier alpha value is -5.05. The summed E-state index contributed by atoms with van der Waals surface area (Å²) < 4.78 is 16.9. The van der Waals surface area contributed by atoms with E-state index in [1.165, 1.54) is 0 Å². The number of hydrogen-bond donors (Lipinski definition) is 2. The zero-order valence-electron chi connectivity index (χ0n) is 33.2. The predicted octanol–water partition coefficient (Wildman–Crippen LogP) is 8.79. The van der Waals surface area contributed by atoms with Crippen LogP contribution in [0.4, 0.5) is 4.79 Å². The fourth-order valence-electron chi connectivity index (χ4n) is 6.18. The van der Waals surface area contributed by atoms with Gasteiger partial charge in [-0.3, -0.25) is 9.59 Å². The minimum Gasteiger partial charge on any atom is -0.465 e. The Balaban J connectivity index is 1.47. The van der Waals surface area contributed by atoms with Crippen LogP contribution in [0, 0.1) is 30.1 Å². The Kier molecular flexibility index (Phi) is 19.1. The molecule has 2 amide bonds. The van der Waals surface area contributed by atoms with Crippen LogP contribution in [0.5, 0.6) is 0 Å². The van der Waals surface area contributed by atoms with Crippen molar-refractivity contribution in [2.24, 2.45) is 23.2 Å². The van der Waals surface area contributed by atoms with Gasteiger partial charge in [0, 0.05) is 12.5 Å². The van der Waals surface area contributed by atoms with E-state index in [4.69, 9.17) is 14.2 Å². The number of alkyl carbamates (subject to hydrolysis) is 1. The largest absolute Gasteiger partial charge is 0.465 e. The second-order valence-electron chi connectivity index (χ2n) is 15.2. The van der Waals surface area contributed by atoms with Gasteiger partial charge in [0.05, 0.1) is 26.1 Å². The summed E-state index contributed by atoms with van der Waals surface area (Å²) >= 11 is 0. The van der Waals surface area contributed by atoms with Gasteiger partial charge in [0.15, 0.2) is 5.92 Å². The lowest BCUT2D eigenvalue weighted by Crippen LogP contribution is -2.47. The third-order valence-electron chi connectivity index (χ3n) is 9.77. The zero-order chi connectivity index (χ0) is 40.1. The van der Waals surface area contributed by atoms with Gasteiger partial charge in [0.2, 0.25) is 0 Å². The lowest BCUT2D eigenvalue weighted by atomic mass is 9.86. The summed E-state index contributed by atoms with van der Waals surface area (Å²) in [4.78, 5) is 52.0. The van der Waals surface area contributed by atoms with E-state index in [0.717, 1.165) is 29.5 Å². The van der Waals surface area contributed by atoms with Gasteiger partial charge in [-0.15, -0.1) is 6.58 Å². The van der Waals surface area contributed by atoms with Crippen molar-refractivity contribution in [1.82, 2.24) is 10.6 Å². The number of amides is 2. The molecule has 296 valence electrons. The third kappa shape index (κ3) is 16.5. The second-order valence-corrected chi connectivity index (χ2v) is 15.2. The van der Waals surface area contributed by atoms with Gasteiger partial charge in [0.25, 0.3) is 5.91 Å². The zero-order valence-corrected chi connectivity index (χ0v) is 33.2. The van der Waals surface area contributed by atoms with Crippen LogP contribution < -0.4 is 10.6 Å². The normalized spacial score (nSPS) is 14.0. The summed E-state index contributed by atoms with van der Waals surface area (Å²) in [6, 6.07) is 28.0. The van der Waals surface area contributed by atoms with Gasteiger partial charge in [0.1, 0.15) is 12.6 Å². The topological polar surface area (TPSA) is 120 Å². The van der Waals surface area contributed by atoms with Crippen LogP contribution in [0.25, 0.3) is 0 Å². The van der Waals surface area contributed by atoms with Crippen molar-refractivity contribution < 1.29 is 33.4 Å². The first kappa shape index (κ1) is 44.3. The van der Waals surface area contributed by atoms with Crippen LogP contribution >= 0.6 is 0 Å². The van der Waals surface area contributed by atoms with E-state index in [0.29, 0.717) is 38.6 Å². The second kappa shape index (κ2) is 23.7. The molecule has 0 spiro atoms. The molecule has 9 heteroatoms. The lowest BCUT2D eigenvalue weighted by Gasteiger charge is -2.28. The molecular weight excluding hydrogens is 693 g/mol. The maximum Gasteiger partial charge on any atom is 0.407 e. The van der Waals surface area contributed by atoms with E-state index < -0.39 is 29.9 Å². The highest BCUT2D eigenvalue weighted by atomic mass is 16.5. The molecule has 55 heavy (non-hydrogen) atoms. The first-order valence-electron chi connectivity index (χ1n) is 19.5. The molecule has 5 unspecified atom stereocenters. The highest BCUT2D eigenvalue weighted by Crippen LogP contribution is 2.28. The maximum absolute atomic E-state index is 13.7. The predicted molar refractivity (Wildman–Crippen MR) is 217 cm³/mol. The Bertz CT molecular complexity index is 1600. The van der Waals surface area contributed by atoms with Gasteiger partial charge < -0.3 is 24.8 Å². The van der Waals surface area contributed by atoms with Crippen LogP contribution in [0.1, 0.15) is 88.8 Å². The molecule has 0 aliphatic carbocycles. The monoisotopic (exact) mass is 753 g/mol. The van der Waals surface area contributed by atoms with Crippen LogP contribution in [-0.4, -0.2) is 49.7 Å². The number of carbonyl (C=O) groups is 4. The minimum absolute atomic E-state index is 0.0379. The first-order chi connectivity index (χ1) is 26.4. The molecule has 3 rings (SSSR count). The molecular formula is C46H61N2O7+. The Morgan fingerprint density at radius 3 is 2.05 bits per heavy atom. The van der Waals surface area contributed by atoms with Gasteiger partial charge in [-0.25, -0.2) is 9.59 Å². The van der Waals surface area contributed by atoms with Crippen molar-refractivity contribution in [2.45, 2.75) is 91.2 Å². The van der Waals surface area contributed by atoms with E-state index in [9.17, 15) is 19.2 Å². The molecule has 0 aliphatic heterocycles. The van der Waals surface area contributed by atoms with Gasteiger partial charge in [-0.1, -0.05) is 125 Å². The van der Waals surface area contributed by atoms with E-state index in [-0.39, 0.29) is 48.9 Å². The van der Waals surface area contributed by atoms with Crippen molar-refractivity contribution in [3.05, 3.63) is 127 Å². The first-order valence-corrected chi connectivity index (χ1v) is 19.5. The van der Waals surface area contributed by atoms with Gasteiger partial charge in [-0.2, -0.15) is 0 Å². The summed E-state index contributed by atoms with van der Waals surface area (Å²) in [7, 11) is 0. The number of hydrogen-bond acceptors (Lipinski definition) is 7. The van der Waals surface area contributed by atoms with Crippen molar-refractivity contribution in [3.63, 3.8) is 0 Å². The standard InChI is InChI=1S/C46H60N2O7/c1-7-38(30-36-21-12-9-13-22-36)43(50)55-33-46(5,6)28-27-34(3)31-53-44(51)41(40(8-2)39-25-16-11-17-26-39)48-42(49)35(4)20-18-19-29-47-45(52)54-32-37-23-14-10-15-24-37/h7,9-17,21-26,34-35,38,40-41H,1,4,8,18-20,27-33H2,2-3,5-6H3,(H-,47,48,49,52)/p+1. The molecule has 0 heterocycles. The lowest BCUT2D eigenvalue weighted by molar-refractivity contribution is -0.151. The van der Waals surface area contributed by atoms with Gasteiger partial charge in [-0.05, 0) is 73.0 Å². The number of benzene rings is 3. The van der Waals surface area contributed by atoms with E-state index in [2.05, 4.69) is 38.0 Å². The fourth-order valence-corrected chi connectivity index (χ4v) is 6.18. The van der Waals surface area contributed by atoms with Crippen molar-refractivity contribution >= 4 is 23.9 Å². The Labute approximate surface area is 328 Å². The SMILES string of the molecule is C=CC(Cc1ccccc1)C(=O)OCC(C)(C)CCC(C)COC(=O)C(NC(=O)C([CH2+])CCCCNC(=O)OCc1ccccc1)C(CC)c1ccccc1. The highest BCUT2D eigenvalue weighted by Gasteiger charge is 2.34. The maximum atomic E-state index is 13.7. The smallest absolute Gasteiger partial charge is 0.407 e. The molecule has 0 saturated heterocycles. The van der Waals surface area contributed by atoms with Crippen LogP contribution in [0.3, 0.4) is 0 Å². The summed E-state index contributed by atoms with van der Waals surface area (Å²) in [5.41, 5.74) is 2.61. The van der Waals surface area contributed by atoms with Crippen LogP contribution in [0.15, 0.2) is 104 Å². The number of ether oxygens (including phenoxy) is 3. The van der Waals surface area contributed by atoms with E-state index >= 15 is 0 Å². The van der Waals surface area contributed by atoms with E-state index in [1.807, 2.05) is 105 Å². The summed E-state index contributed by atoms with van der Waals surface area (Å²) in [6.45, 7) is 17.1. The molecule has 3 aromatic rings. The molecule has 2 N–H and O–H groups in total. The number of esters is 2. The molecule has 0 fully saturated rings. The third-order valence-corrected chi connectivity index (χ3v) is 9.77. The molecule has 5 atom stereocenters. The number of nitrogens with one attached hydrogen (secondary N) is 2. The molecule has 9 nitrogen and oxygen atoms in total. The highest BCUT2D eigenvalue weighted by molar-refractivity contribution is 5.87. The minimum atomic E-state index is -0.887. The number of carbonyl (C=O) groups excluding carboxylic acids is 4. The van der Waals surface area contributed by atoms with Crippen molar-refractivity contribution in [1.29, 1.82) is 0 Å². The Morgan fingerprint density at radius 2 is 1.44 bits per heavy atom. The summed E-state index contributed by atoms with van der Waals surface area (Å²) in [6.07, 6.45) is 5.59. The van der Waals surface area contributed by atoms with Crippen molar-refractivity contribution in [2.75, 3.05) is 19.8 Å². The average molecular weight is 754 g/mol. The fraction of sp³-hybridized carbons (Fsp3) is 0.457. The van der Waals surface area contributed by atoms with Crippen LogP contribution in [-0.2, 0) is 41.6 Å². The van der Waals surface area contributed by atoms with Crippen LogP contribution in [0.2, 0.25) is 0 Å². The van der Waals surface area contributed by atoms with E-state index in [1.54, 1.807) is 6.08 Å².